The highest BCUT2D eigenvalue weighted by Gasteiger charge is 2.30. The number of rotatable bonds is 6. The second kappa shape index (κ2) is 8.27. The molecule has 0 fully saturated rings. The molecule has 1 aromatic carbocycles. The molecule has 1 N–H and O–H groups in total. The lowest BCUT2D eigenvalue weighted by atomic mass is 9.88. The number of ether oxygens (including phenoxy) is 3. The summed E-state index contributed by atoms with van der Waals surface area (Å²) in [5.74, 6) is 2.06. The van der Waals surface area contributed by atoms with Crippen LogP contribution in [-0.2, 0) is 13.0 Å². The molecule has 0 unspecified atom stereocenters. The van der Waals surface area contributed by atoms with Gasteiger partial charge in [0.25, 0.3) is 0 Å². The number of fused-ring (bicyclic) bond motifs is 1. The highest BCUT2D eigenvalue weighted by Crippen LogP contribution is 2.39. The zero-order chi connectivity index (χ0) is 19.3. The van der Waals surface area contributed by atoms with Crippen LogP contribution in [0, 0.1) is 5.92 Å². The Balaban J connectivity index is 1.46. The number of methoxy groups -OCH3 is 1. The van der Waals surface area contributed by atoms with Gasteiger partial charge in [0.2, 0.25) is 0 Å². The molecular formula is C22H22N2O4. The molecule has 6 nitrogen and oxygen atoms in total. The van der Waals surface area contributed by atoms with Gasteiger partial charge in [-0.1, -0.05) is 6.07 Å². The van der Waals surface area contributed by atoms with Crippen molar-refractivity contribution in [2.45, 2.75) is 19.1 Å². The molecule has 144 valence electrons. The van der Waals surface area contributed by atoms with E-state index in [1.807, 2.05) is 42.6 Å². The molecule has 0 aliphatic carbocycles. The van der Waals surface area contributed by atoms with Crippen LogP contribution in [0.1, 0.15) is 22.9 Å². The molecule has 0 saturated heterocycles. The van der Waals surface area contributed by atoms with Crippen LogP contribution in [0.15, 0.2) is 61.1 Å². The summed E-state index contributed by atoms with van der Waals surface area (Å²) >= 11 is 0. The molecule has 6 heteroatoms. The van der Waals surface area contributed by atoms with Gasteiger partial charge in [0.15, 0.2) is 0 Å². The van der Waals surface area contributed by atoms with Gasteiger partial charge in [-0.05, 0) is 42.3 Å². The lowest BCUT2D eigenvalue weighted by Crippen LogP contribution is -2.27. The Bertz CT molecular complexity index is 933. The van der Waals surface area contributed by atoms with E-state index >= 15 is 0 Å². The van der Waals surface area contributed by atoms with Crippen molar-refractivity contribution in [1.82, 2.24) is 9.97 Å². The fraction of sp³-hybridized carbons (Fsp3) is 0.273. The average Bonchev–Trinajstić information content (AvgIpc) is 2.75. The highest BCUT2D eigenvalue weighted by molar-refractivity contribution is 5.43. The van der Waals surface area contributed by atoms with Crippen LogP contribution >= 0.6 is 0 Å². The lowest BCUT2D eigenvalue weighted by Gasteiger charge is -2.30. The van der Waals surface area contributed by atoms with E-state index in [1.54, 1.807) is 25.6 Å². The fourth-order valence-electron chi connectivity index (χ4n) is 3.33. The van der Waals surface area contributed by atoms with Crippen LogP contribution in [0.5, 0.6) is 17.2 Å². The third kappa shape index (κ3) is 4.07. The molecule has 3 heterocycles. The molecule has 3 aromatic rings. The summed E-state index contributed by atoms with van der Waals surface area (Å²) in [7, 11) is 1.62. The predicted octanol–water partition coefficient (Wildman–Crippen LogP) is 3.35. The largest absolute Gasteiger partial charge is 0.497 e. The van der Waals surface area contributed by atoms with Crippen LogP contribution < -0.4 is 14.2 Å². The van der Waals surface area contributed by atoms with Crippen molar-refractivity contribution in [3.05, 3.63) is 77.9 Å². The van der Waals surface area contributed by atoms with Crippen LogP contribution in [0.4, 0.5) is 0 Å². The summed E-state index contributed by atoms with van der Waals surface area (Å²) in [6, 6.07) is 13.1. The van der Waals surface area contributed by atoms with Crippen LogP contribution in [0.2, 0.25) is 0 Å². The van der Waals surface area contributed by atoms with Crippen LogP contribution in [0.3, 0.4) is 0 Å². The summed E-state index contributed by atoms with van der Waals surface area (Å²) in [6.07, 6.45) is 5.33. The standard InChI is InChI=1S/C22H22N2O4/c1-26-18-6-8-24-17(10-18)14-27-19-4-5-21-20(11-19)22(25)16(13-28-21)9-15-3-2-7-23-12-15/h2-8,10-12,16,22,25H,9,13-14H2,1H3/t16-,22-/m1/s1. The van der Waals surface area contributed by atoms with E-state index in [2.05, 4.69) is 9.97 Å². The normalized spacial score (nSPS) is 18.1. The second-order valence-electron chi connectivity index (χ2n) is 6.76. The predicted molar refractivity (Wildman–Crippen MR) is 103 cm³/mol. The van der Waals surface area contributed by atoms with E-state index in [4.69, 9.17) is 14.2 Å². The van der Waals surface area contributed by atoms with Crippen molar-refractivity contribution in [2.24, 2.45) is 5.92 Å². The molecule has 1 aliphatic heterocycles. The molecule has 0 radical (unpaired) electrons. The Morgan fingerprint density at radius 3 is 2.89 bits per heavy atom. The number of hydrogen-bond donors (Lipinski definition) is 1. The van der Waals surface area contributed by atoms with Gasteiger partial charge in [-0.3, -0.25) is 9.97 Å². The Morgan fingerprint density at radius 1 is 1.14 bits per heavy atom. The number of aliphatic hydroxyl groups excluding tert-OH is 1. The molecule has 2 atom stereocenters. The monoisotopic (exact) mass is 378 g/mol. The Labute approximate surface area is 163 Å². The first-order valence-corrected chi connectivity index (χ1v) is 9.18. The molecule has 1 aliphatic rings. The van der Waals surface area contributed by atoms with Gasteiger partial charge >= 0.3 is 0 Å². The summed E-state index contributed by atoms with van der Waals surface area (Å²) in [6.45, 7) is 0.781. The second-order valence-corrected chi connectivity index (χ2v) is 6.76. The van der Waals surface area contributed by atoms with Crippen LogP contribution in [-0.4, -0.2) is 28.8 Å². The van der Waals surface area contributed by atoms with Gasteiger partial charge in [0, 0.05) is 36.1 Å². The Morgan fingerprint density at radius 2 is 2.07 bits per heavy atom. The van der Waals surface area contributed by atoms with Gasteiger partial charge in [-0.2, -0.15) is 0 Å². The Hall–Kier alpha value is -3.12. The third-order valence-corrected chi connectivity index (χ3v) is 4.83. The molecule has 0 amide bonds. The number of benzene rings is 1. The van der Waals surface area contributed by atoms with Gasteiger partial charge in [0.05, 0.1) is 25.5 Å². The van der Waals surface area contributed by atoms with E-state index in [0.717, 1.165) is 22.6 Å². The minimum atomic E-state index is -0.623. The maximum Gasteiger partial charge on any atom is 0.130 e. The average molecular weight is 378 g/mol. The van der Waals surface area contributed by atoms with Gasteiger partial charge in [-0.15, -0.1) is 0 Å². The molecule has 2 aromatic heterocycles. The summed E-state index contributed by atoms with van der Waals surface area (Å²) in [5, 5.41) is 10.9. The first kappa shape index (κ1) is 18.3. The number of aromatic nitrogens is 2. The maximum atomic E-state index is 10.9. The lowest BCUT2D eigenvalue weighted by molar-refractivity contribution is 0.0504. The van der Waals surface area contributed by atoms with Crippen molar-refractivity contribution in [3.63, 3.8) is 0 Å². The van der Waals surface area contributed by atoms with E-state index in [1.165, 1.54) is 0 Å². The quantitative estimate of drug-likeness (QED) is 0.709. The topological polar surface area (TPSA) is 73.7 Å². The van der Waals surface area contributed by atoms with Crippen molar-refractivity contribution < 1.29 is 19.3 Å². The van der Waals surface area contributed by atoms with Gasteiger partial charge in [0.1, 0.15) is 23.9 Å². The van der Waals surface area contributed by atoms with Gasteiger partial charge < -0.3 is 19.3 Å². The van der Waals surface area contributed by atoms with Crippen molar-refractivity contribution in [2.75, 3.05) is 13.7 Å². The fourth-order valence-corrected chi connectivity index (χ4v) is 3.33. The SMILES string of the molecule is COc1ccnc(COc2ccc3c(c2)[C@H](O)[C@H](Cc2cccnc2)CO3)c1. The molecule has 0 saturated carbocycles. The van der Waals surface area contributed by atoms with Crippen LogP contribution in [0.25, 0.3) is 0 Å². The molecule has 0 bridgehead atoms. The summed E-state index contributed by atoms with van der Waals surface area (Å²) in [5.41, 5.74) is 2.59. The Kier molecular flexibility index (Phi) is 5.39. The molecule has 4 rings (SSSR count). The zero-order valence-electron chi connectivity index (χ0n) is 15.6. The number of pyridine rings is 2. The number of hydrogen-bond acceptors (Lipinski definition) is 6. The maximum absolute atomic E-state index is 10.9. The minimum absolute atomic E-state index is 0.0352. The third-order valence-electron chi connectivity index (χ3n) is 4.83. The van der Waals surface area contributed by atoms with E-state index in [9.17, 15) is 5.11 Å². The first-order chi connectivity index (χ1) is 13.7. The number of nitrogens with zero attached hydrogens (tertiary/aromatic N) is 2. The summed E-state index contributed by atoms with van der Waals surface area (Å²) in [4.78, 5) is 8.42. The molecule has 28 heavy (non-hydrogen) atoms. The highest BCUT2D eigenvalue weighted by atomic mass is 16.5. The van der Waals surface area contributed by atoms with E-state index in [-0.39, 0.29) is 5.92 Å². The molecular weight excluding hydrogens is 356 g/mol. The number of aliphatic hydroxyl groups is 1. The van der Waals surface area contributed by atoms with E-state index in [0.29, 0.717) is 31.1 Å². The molecule has 0 spiro atoms. The first-order valence-electron chi connectivity index (χ1n) is 9.18. The zero-order valence-corrected chi connectivity index (χ0v) is 15.6. The van der Waals surface area contributed by atoms with Crippen molar-refractivity contribution >= 4 is 0 Å². The minimum Gasteiger partial charge on any atom is -0.497 e. The van der Waals surface area contributed by atoms with Crippen molar-refractivity contribution in [3.8, 4) is 17.2 Å². The van der Waals surface area contributed by atoms with Gasteiger partial charge in [-0.25, -0.2) is 0 Å². The van der Waals surface area contributed by atoms with E-state index < -0.39 is 6.10 Å². The summed E-state index contributed by atoms with van der Waals surface area (Å²) < 4.78 is 16.9. The smallest absolute Gasteiger partial charge is 0.130 e. The van der Waals surface area contributed by atoms with Crippen molar-refractivity contribution in [1.29, 1.82) is 0 Å².